The number of fused-ring (bicyclic) bond motifs is 2. The maximum absolute atomic E-state index is 13.9. The fraction of sp³-hybridized carbons (Fsp3) is 0.571. The Balaban J connectivity index is 1.49. The molecule has 1 aromatic rings. The average Bonchev–Trinajstić information content (AvgIpc) is 3.32. The molecule has 0 spiro atoms. The highest BCUT2D eigenvalue weighted by Crippen LogP contribution is 2.56. The largest absolute Gasteiger partial charge is 0.548 e. The number of nitrogens with one attached hydrogen (secondary N) is 1. The van der Waals surface area contributed by atoms with E-state index >= 15 is 0 Å². The molecule has 16 nitrogen and oxygen atoms in total. The number of nitrogens with zero attached hydrogens (tertiary/aromatic N) is 2. The molecule has 0 aromatic heterocycles. The van der Waals surface area contributed by atoms with E-state index in [1.54, 1.807) is 44.2 Å². The first-order valence-electron chi connectivity index (χ1n) is 14.3. The number of carboxylic acids is 1. The number of hydrogen-bond donors (Lipinski definition) is 3. The van der Waals surface area contributed by atoms with Crippen LogP contribution in [0.25, 0.3) is 0 Å². The molecule has 4 saturated heterocycles. The van der Waals surface area contributed by atoms with Crippen molar-refractivity contribution in [3.63, 3.8) is 0 Å². The molecule has 4 aliphatic rings. The molecule has 1 aromatic carbocycles. The number of β-lactam (4-membered cyclic amide) rings is 2. The number of benzene rings is 1. The van der Waals surface area contributed by atoms with Crippen LogP contribution >= 0.6 is 11.8 Å². The van der Waals surface area contributed by atoms with Crippen LogP contribution in [-0.4, -0.2) is 111 Å². The minimum Gasteiger partial charge on any atom is -0.548 e. The third-order valence-corrected chi connectivity index (χ3v) is 14.1. The Hall–Kier alpha value is -3.58. The van der Waals surface area contributed by atoms with Crippen molar-refractivity contribution in [3.05, 3.63) is 35.9 Å². The smallest absolute Gasteiger partial charge is 0.367 e. The van der Waals surface area contributed by atoms with Crippen LogP contribution in [0.15, 0.2) is 30.3 Å². The van der Waals surface area contributed by atoms with Gasteiger partial charge in [0.25, 0.3) is 5.91 Å². The van der Waals surface area contributed by atoms with E-state index < -0.39 is 120 Å². The quantitative estimate of drug-likeness (QED) is 0.127. The van der Waals surface area contributed by atoms with Crippen LogP contribution in [0.5, 0.6) is 0 Å². The van der Waals surface area contributed by atoms with E-state index in [4.69, 9.17) is 20.9 Å². The lowest BCUT2D eigenvalue weighted by molar-refractivity contribution is -0.918. The van der Waals surface area contributed by atoms with Crippen molar-refractivity contribution in [3.8, 4) is 0 Å². The normalized spacial score (nSPS) is 33.5. The summed E-state index contributed by atoms with van der Waals surface area (Å²) in [5.41, 5.74) is 9.89. The number of carbonyl (C=O) groups excluding carboxylic acids is 6. The molecular weight excluding hydrogens is 646 g/mol. The number of aliphatic carboxylic acids is 1. The fourth-order valence-electron chi connectivity index (χ4n) is 6.96. The first-order valence-corrected chi connectivity index (χ1v) is 16.7. The number of esters is 2. The van der Waals surface area contributed by atoms with Crippen molar-refractivity contribution in [2.24, 2.45) is 11.5 Å². The zero-order chi connectivity index (χ0) is 34.2. The summed E-state index contributed by atoms with van der Waals surface area (Å²) in [5.74, 6) is -6.06. The van der Waals surface area contributed by atoms with Crippen molar-refractivity contribution in [1.82, 2.24) is 10.2 Å². The minimum absolute atomic E-state index is 0.404. The van der Waals surface area contributed by atoms with Gasteiger partial charge < -0.3 is 41.1 Å². The maximum Gasteiger partial charge on any atom is 0.367 e. The van der Waals surface area contributed by atoms with Crippen LogP contribution in [-0.2, 0) is 48.1 Å². The number of carboxylic acid groups (broad SMARTS) is 1. The zero-order valence-corrected chi connectivity index (χ0v) is 27.1. The van der Waals surface area contributed by atoms with Gasteiger partial charge in [-0.2, -0.15) is 4.48 Å². The van der Waals surface area contributed by atoms with Gasteiger partial charge in [-0.3, -0.25) is 14.4 Å². The molecule has 0 radical (unpaired) electrons. The summed E-state index contributed by atoms with van der Waals surface area (Å²) in [5, 5.41) is 12.2. The molecule has 4 aliphatic heterocycles. The molecule has 3 amide bonds. The highest BCUT2D eigenvalue weighted by Gasteiger charge is 2.81. The summed E-state index contributed by atoms with van der Waals surface area (Å²) in [6, 6.07) is 3.83. The molecule has 0 aliphatic carbocycles. The minimum atomic E-state index is -4.18. The number of sulfone groups is 1. The predicted octanol–water partition coefficient (Wildman–Crippen LogP) is -2.99. The Kier molecular flexibility index (Phi) is 8.08. The molecule has 5 rings (SSSR count). The van der Waals surface area contributed by atoms with Crippen LogP contribution < -0.4 is 21.9 Å². The lowest BCUT2D eigenvalue weighted by atomic mass is 9.84. The molecule has 5 N–H and O–H groups in total. The van der Waals surface area contributed by atoms with E-state index in [1.165, 1.54) is 13.8 Å². The third kappa shape index (κ3) is 4.56. The Labute approximate surface area is 268 Å². The number of rotatable bonds is 10. The third-order valence-electron chi connectivity index (χ3n) is 9.46. The molecular formula is C28H35N5O11S2. The van der Waals surface area contributed by atoms with E-state index in [1.807, 2.05) is 0 Å². The molecule has 18 heteroatoms. The van der Waals surface area contributed by atoms with Crippen LogP contribution in [0.1, 0.15) is 45.7 Å². The molecule has 2 unspecified atom stereocenters. The monoisotopic (exact) mass is 681 g/mol. The van der Waals surface area contributed by atoms with Gasteiger partial charge >= 0.3 is 17.8 Å². The summed E-state index contributed by atoms with van der Waals surface area (Å²) in [6.07, 6.45) is -0.418. The molecule has 0 saturated carbocycles. The Bertz CT molecular complexity index is 1630. The number of thioether (sulfide) groups is 1. The molecule has 7 atom stereocenters. The maximum atomic E-state index is 13.9. The van der Waals surface area contributed by atoms with E-state index in [2.05, 4.69) is 5.32 Å². The van der Waals surface area contributed by atoms with Gasteiger partial charge in [-0.05, 0) is 33.3 Å². The summed E-state index contributed by atoms with van der Waals surface area (Å²) in [6.45, 7) is 3.46. The molecule has 4 fully saturated rings. The summed E-state index contributed by atoms with van der Waals surface area (Å²) in [4.78, 5) is 79.3. The van der Waals surface area contributed by atoms with Crippen LogP contribution in [0.4, 0.5) is 0 Å². The fourth-order valence-corrected chi connectivity index (χ4v) is 11.1. The lowest BCUT2D eigenvalue weighted by Gasteiger charge is -2.53. The van der Waals surface area contributed by atoms with Crippen molar-refractivity contribution in [1.29, 1.82) is 0 Å². The average molecular weight is 682 g/mol. The number of nitrogens with two attached hydrogens (primary N) is 2. The van der Waals surface area contributed by atoms with Gasteiger partial charge in [-0.15, -0.1) is 11.8 Å². The van der Waals surface area contributed by atoms with Gasteiger partial charge in [0.1, 0.15) is 29.2 Å². The first-order chi connectivity index (χ1) is 21.3. The second-order valence-corrected chi connectivity index (χ2v) is 17.3. The first kappa shape index (κ1) is 33.8. The second kappa shape index (κ2) is 11.0. The number of hydrogen-bond acceptors (Lipinski definition) is 14. The van der Waals surface area contributed by atoms with Gasteiger partial charge in [0.2, 0.25) is 33.9 Å². The van der Waals surface area contributed by atoms with E-state index in [0.717, 1.165) is 16.7 Å². The molecule has 46 heavy (non-hydrogen) atoms. The van der Waals surface area contributed by atoms with Crippen molar-refractivity contribution < 1.29 is 56.2 Å². The van der Waals surface area contributed by atoms with E-state index in [0.29, 0.717) is 5.56 Å². The predicted molar refractivity (Wildman–Crippen MR) is 157 cm³/mol. The van der Waals surface area contributed by atoms with Crippen LogP contribution in [0.2, 0.25) is 0 Å². The Morgan fingerprint density at radius 1 is 1.13 bits per heavy atom. The summed E-state index contributed by atoms with van der Waals surface area (Å²) in [7, 11) is -4.18. The lowest BCUT2D eigenvalue weighted by Crippen LogP contribution is -2.82. The van der Waals surface area contributed by atoms with Crippen LogP contribution in [0.3, 0.4) is 0 Å². The molecule has 250 valence electrons. The van der Waals surface area contributed by atoms with Gasteiger partial charge in [0.05, 0.1) is 18.6 Å². The zero-order valence-electron chi connectivity index (χ0n) is 25.5. The van der Waals surface area contributed by atoms with Crippen LogP contribution in [0, 0.1) is 0 Å². The van der Waals surface area contributed by atoms with Crippen molar-refractivity contribution >= 4 is 57.2 Å². The Morgan fingerprint density at radius 2 is 1.76 bits per heavy atom. The highest BCUT2D eigenvalue weighted by molar-refractivity contribution is 8.01. The van der Waals surface area contributed by atoms with E-state index in [9.17, 15) is 42.3 Å². The molecule has 4 heterocycles. The van der Waals surface area contributed by atoms with Crippen molar-refractivity contribution in [2.75, 3.05) is 19.9 Å². The van der Waals surface area contributed by atoms with Gasteiger partial charge in [-0.25, -0.2) is 18.0 Å². The topological polar surface area (TPSA) is 245 Å². The van der Waals surface area contributed by atoms with Crippen molar-refractivity contribution in [2.45, 2.75) is 78.0 Å². The van der Waals surface area contributed by atoms with Gasteiger partial charge in [-0.1, -0.05) is 30.3 Å². The molecule has 0 bridgehead atoms. The SMILES string of the molecule is CC1(C)S[C@H]2N(C(=O)[C@@]2(COC(=O)[C@H]2C(C)(C)S(=O)(=O)[C@@H]3CC(=O)[N+]32COC(=O)CN)NC(=O)C(N)c2ccccc2)[C@H]1C(=O)[O-]. The number of amides is 3. The van der Waals surface area contributed by atoms with Gasteiger partial charge in [0, 0.05) is 4.75 Å². The Morgan fingerprint density at radius 3 is 2.33 bits per heavy atom. The highest BCUT2D eigenvalue weighted by atomic mass is 32.2. The summed E-state index contributed by atoms with van der Waals surface area (Å²) < 4.78 is 33.7. The van der Waals surface area contributed by atoms with E-state index in [-0.39, 0.29) is 0 Å². The number of quaternary nitrogens is 1. The standard InChI is InChI=1S/C28H35N5O11S2/c1-26(2)19(22(37)38)32-24(40)28(25(32)45-26,31-21(36)18(30)14-8-6-5-7-9-14)12-43-23(39)20-27(3,4)46(41,42)16-10-15(34)33(16,20)13-44-17(35)11-29/h5-9,16,18-20,25H,10-13,29-30H2,1-4H3,(H-,31,36,37,38)/t16-,18?,19+,20+,25-,28-,33?/m1/s1. The van der Waals surface area contributed by atoms with Gasteiger partial charge in [0.15, 0.2) is 5.54 Å². The summed E-state index contributed by atoms with van der Waals surface area (Å²) >= 11 is 1.04. The second-order valence-electron chi connectivity index (χ2n) is 12.8. The number of carbonyl (C=O) groups is 6. The number of ether oxygens (including phenoxy) is 2.